The number of sulfonamides is 1. The third kappa shape index (κ3) is 4.67. The number of carbonyl (C=O) groups excluding carboxylic acids is 1. The number of hydrogen-bond donors (Lipinski definition) is 3. The first-order valence-electron chi connectivity index (χ1n) is 7.00. The van der Waals surface area contributed by atoms with E-state index < -0.39 is 15.6 Å². The lowest BCUT2D eigenvalue weighted by Gasteiger charge is -2.31. The van der Waals surface area contributed by atoms with Gasteiger partial charge in [0, 0.05) is 6.54 Å². The van der Waals surface area contributed by atoms with Crippen molar-refractivity contribution in [3.63, 3.8) is 0 Å². The highest BCUT2D eigenvalue weighted by Gasteiger charge is 2.34. The molecule has 0 aliphatic heterocycles. The van der Waals surface area contributed by atoms with Crippen molar-refractivity contribution >= 4 is 28.3 Å². The predicted molar refractivity (Wildman–Crippen MR) is 86.9 cm³/mol. The van der Waals surface area contributed by atoms with E-state index in [1.807, 2.05) is 0 Å². The average molecular weight is 348 g/mol. The van der Waals surface area contributed by atoms with Crippen LogP contribution in [0, 0.1) is 0 Å². The van der Waals surface area contributed by atoms with Crippen LogP contribution in [0.1, 0.15) is 37.7 Å². The van der Waals surface area contributed by atoms with E-state index in [0.717, 1.165) is 19.3 Å². The zero-order chi connectivity index (χ0) is 15.5. The molecular formula is C14H22ClN3O3S. The van der Waals surface area contributed by atoms with Crippen LogP contribution < -0.4 is 16.2 Å². The standard InChI is InChI=1S/C14H21N3O3S.ClH/c15-14(7-2-1-3-8-14)13(18)17-10-11-5-4-6-12(9-11)21(16,19)20;/h4-6,9H,1-3,7-8,10,15H2,(H,17,18)(H2,16,19,20);1H. The lowest BCUT2D eigenvalue weighted by atomic mass is 9.82. The van der Waals surface area contributed by atoms with Gasteiger partial charge in [0.25, 0.3) is 0 Å². The molecule has 2 rings (SSSR count). The topological polar surface area (TPSA) is 115 Å². The van der Waals surface area contributed by atoms with E-state index in [9.17, 15) is 13.2 Å². The Balaban J connectivity index is 0.00000242. The van der Waals surface area contributed by atoms with Crippen molar-refractivity contribution in [1.82, 2.24) is 5.32 Å². The molecule has 1 amide bonds. The molecule has 5 N–H and O–H groups in total. The fourth-order valence-electron chi connectivity index (χ4n) is 2.60. The predicted octanol–water partition coefficient (Wildman–Crippen LogP) is 1.03. The molecule has 0 saturated heterocycles. The Bertz CT molecular complexity index is 628. The summed E-state index contributed by atoms with van der Waals surface area (Å²) in [5, 5.41) is 7.87. The molecule has 0 atom stereocenters. The summed E-state index contributed by atoms with van der Waals surface area (Å²) in [5.41, 5.74) is 6.02. The van der Waals surface area contributed by atoms with E-state index in [-0.39, 0.29) is 29.8 Å². The third-order valence-corrected chi connectivity index (χ3v) is 4.79. The molecule has 1 aromatic rings. The van der Waals surface area contributed by atoms with Crippen LogP contribution in [-0.4, -0.2) is 19.9 Å². The number of hydrogen-bond acceptors (Lipinski definition) is 4. The van der Waals surface area contributed by atoms with E-state index in [0.29, 0.717) is 18.4 Å². The molecule has 6 nitrogen and oxygen atoms in total. The molecule has 0 heterocycles. The highest BCUT2D eigenvalue weighted by molar-refractivity contribution is 7.89. The summed E-state index contributed by atoms with van der Waals surface area (Å²) < 4.78 is 22.6. The van der Waals surface area contributed by atoms with Crippen LogP contribution in [-0.2, 0) is 21.4 Å². The molecule has 1 saturated carbocycles. The Kier molecular flexibility index (Phi) is 6.37. The van der Waals surface area contributed by atoms with Gasteiger partial charge >= 0.3 is 0 Å². The van der Waals surface area contributed by atoms with Gasteiger partial charge in [-0.1, -0.05) is 31.4 Å². The minimum atomic E-state index is -3.73. The van der Waals surface area contributed by atoms with Gasteiger partial charge in [-0.05, 0) is 30.5 Å². The van der Waals surface area contributed by atoms with Crippen molar-refractivity contribution in [1.29, 1.82) is 0 Å². The molecule has 0 unspecified atom stereocenters. The Morgan fingerprint density at radius 2 is 1.86 bits per heavy atom. The second-order valence-corrected chi connectivity index (χ2v) is 7.15. The lowest BCUT2D eigenvalue weighted by Crippen LogP contribution is -2.54. The van der Waals surface area contributed by atoms with Gasteiger partial charge < -0.3 is 11.1 Å². The third-order valence-electron chi connectivity index (χ3n) is 3.88. The summed E-state index contributed by atoms with van der Waals surface area (Å²) in [5.74, 6) is -0.178. The van der Waals surface area contributed by atoms with E-state index in [1.165, 1.54) is 12.1 Å². The van der Waals surface area contributed by atoms with Gasteiger partial charge in [-0.25, -0.2) is 13.6 Å². The quantitative estimate of drug-likeness (QED) is 0.754. The zero-order valence-electron chi connectivity index (χ0n) is 12.2. The summed E-state index contributed by atoms with van der Waals surface area (Å²) in [7, 11) is -3.73. The first-order chi connectivity index (χ1) is 9.81. The molecule has 0 radical (unpaired) electrons. The molecule has 1 fully saturated rings. The summed E-state index contributed by atoms with van der Waals surface area (Å²) in [4.78, 5) is 12.2. The van der Waals surface area contributed by atoms with Crippen LogP contribution in [0.5, 0.6) is 0 Å². The van der Waals surface area contributed by atoms with Crippen LogP contribution in [0.15, 0.2) is 29.2 Å². The van der Waals surface area contributed by atoms with Crippen molar-refractivity contribution in [3.8, 4) is 0 Å². The van der Waals surface area contributed by atoms with Crippen molar-refractivity contribution in [3.05, 3.63) is 29.8 Å². The molecule has 1 aliphatic rings. The first kappa shape index (κ1) is 18.9. The largest absolute Gasteiger partial charge is 0.350 e. The summed E-state index contributed by atoms with van der Waals surface area (Å²) in [6, 6.07) is 6.21. The summed E-state index contributed by atoms with van der Waals surface area (Å²) in [6.07, 6.45) is 4.42. The SMILES string of the molecule is Cl.NC1(C(=O)NCc2cccc(S(N)(=O)=O)c2)CCCCC1. The van der Waals surface area contributed by atoms with Crippen molar-refractivity contribution in [2.45, 2.75) is 49.1 Å². The van der Waals surface area contributed by atoms with Gasteiger partial charge in [0.05, 0.1) is 10.4 Å². The normalized spacial score (nSPS) is 17.4. The maximum atomic E-state index is 12.2. The molecule has 124 valence electrons. The van der Waals surface area contributed by atoms with Gasteiger partial charge in [-0.2, -0.15) is 0 Å². The maximum absolute atomic E-state index is 12.2. The molecule has 1 aliphatic carbocycles. The van der Waals surface area contributed by atoms with Gasteiger partial charge in [-0.15, -0.1) is 12.4 Å². The van der Waals surface area contributed by atoms with Crippen molar-refractivity contribution in [2.24, 2.45) is 10.9 Å². The number of primary sulfonamides is 1. The van der Waals surface area contributed by atoms with Crippen LogP contribution >= 0.6 is 12.4 Å². The van der Waals surface area contributed by atoms with E-state index >= 15 is 0 Å². The van der Waals surface area contributed by atoms with E-state index in [4.69, 9.17) is 10.9 Å². The Labute approximate surface area is 137 Å². The molecule has 0 bridgehead atoms. The number of carbonyl (C=O) groups is 1. The van der Waals surface area contributed by atoms with E-state index in [1.54, 1.807) is 12.1 Å². The van der Waals surface area contributed by atoms with Gasteiger partial charge in [0.1, 0.15) is 0 Å². The minimum absolute atomic E-state index is 0. The highest BCUT2D eigenvalue weighted by atomic mass is 35.5. The molecule has 8 heteroatoms. The van der Waals surface area contributed by atoms with Gasteiger partial charge in [0.15, 0.2) is 0 Å². The van der Waals surface area contributed by atoms with Crippen LogP contribution in [0.25, 0.3) is 0 Å². The Morgan fingerprint density at radius 1 is 1.23 bits per heavy atom. The average Bonchev–Trinajstić information content (AvgIpc) is 2.45. The second-order valence-electron chi connectivity index (χ2n) is 5.59. The lowest BCUT2D eigenvalue weighted by molar-refractivity contribution is -0.127. The van der Waals surface area contributed by atoms with E-state index in [2.05, 4.69) is 5.32 Å². The van der Waals surface area contributed by atoms with Crippen LogP contribution in [0.4, 0.5) is 0 Å². The number of amides is 1. The van der Waals surface area contributed by atoms with Gasteiger partial charge in [-0.3, -0.25) is 4.79 Å². The molecule has 22 heavy (non-hydrogen) atoms. The minimum Gasteiger partial charge on any atom is -0.350 e. The maximum Gasteiger partial charge on any atom is 0.240 e. The molecular weight excluding hydrogens is 326 g/mol. The summed E-state index contributed by atoms with van der Waals surface area (Å²) in [6.45, 7) is 0.237. The smallest absolute Gasteiger partial charge is 0.240 e. The zero-order valence-corrected chi connectivity index (χ0v) is 13.9. The monoisotopic (exact) mass is 347 g/mol. The Morgan fingerprint density at radius 3 is 2.45 bits per heavy atom. The fraction of sp³-hybridized carbons (Fsp3) is 0.500. The van der Waals surface area contributed by atoms with Crippen LogP contribution in [0.2, 0.25) is 0 Å². The number of rotatable bonds is 4. The van der Waals surface area contributed by atoms with Crippen molar-refractivity contribution in [2.75, 3.05) is 0 Å². The fourth-order valence-corrected chi connectivity index (χ4v) is 3.18. The number of nitrogens with one attached hydrogen (secondary N) is 1. The first-order valence-corrected chi connectivity index (χ1v) is 8.55. The summed E-state index contributed by atoms with van der Waals surface area (Å²) >= 11 is 0. The Hall–Kier alpha value is -1.15. The molecule has 0 aromatic heterocycles. The van der Waals surface area contributed by atoms with Crippen molar-refractivity contribution < 1.29 is 13.2 Å². The molecule has 0 spiro atoms. The van der Waals surface area contributed by atoms with Crippen LogP contribution in [0.3, 0.4) is 0 Å². The number of halogens is 1. The van der Waals surface area contributed by atoms with Gasteiger partial charge in [0.2, 0.25) is 15.9 Å². The second kappa shape index (κ2) is 7.41. The highest BCUT2D eigenvalue weighted by Crippen LogP contribution is 2.26. The molecule has 1 aromatic carbocycles. The number of nitrogens with two attached hydrogens (primary N) is 2. The number of benzene rings is 1.